The van der Waals surface area contributed by atoms with Crippen LogP contribution in [0.4, 0.5) is 11.5 Å². The van der Waals surface area contributed by atoms with Crippen molar-refractivity contribution in [3.8, 4) is 0 Å². The Kier molecular flexibility index (Phi) is 2.26. The standard InChI is InChI=1S/C8H12N4O2/c1-2-14-8(13)6-5-7(12-11-6)10-4-3-9-5/h9H,2-4H2,1H3,(H2,10,11,12). The van der Waals surface area contributed by atoms with E-state index in [1.807, 2.05) is 0 Å². The predicted molar refractivity (Wildman–Crippen MR) is 51.5 cm³/mol. The van der Waals surface area contributed by atoms with E-state index in [0.29, 0.717) is 23.8 Å². The Morgan fingerprint density at radius 3 is 3.07 bits per heavy atom. The fourth-order valence-corrected chi connectivity index (χ4v) is 1.36. The maximum atomic E-state index is 11.4. The van der Waals surface area contributed by atoms with Gasteiger partial charge in [-0.2, -0.15) is 5.10 Å². The molecule has 0 radical (unpaired) electrons. The zero-order valence-electron chi connectivity index (χ0n) is 7.89. The maximum Gasteiger partial charge on any atom is 0.358 e. The second-order valence-corrected chi connectivity index (χ2v) is 2.90. The molecule has 3 N–H and O–H groups in total. The van der Waals surface area contributed by atoms with Crippen molar-refractivity contribution in [3.63, 3.8) is 0 Å². The number of aromatic amines is 1. The molecule has 0 bridgehead atoms. The molecule has 1 aromatic rings. The number of fused-ring (bicyclic) bond motifs is 1. The normalized spacial score (nSPS) is 13.8. The average molecular weight is 196 g/mol. The van der Waals surface area contributed by atoms with Gasteiger partial charge in [-0.3, -0.25) is 5.10 Å². The molecule has 1 aromatic heterocycles. The lowest BCUT2D eigenvalue weighted by molar-refractivity contribution is 0.0520. The summed E-state index contributed by atoms with van der Waals surface area (Å²) in [5.74, 6) is 0.303. The van der Waals surface area contributed by atoms with Gasteiger partial charge < -0.3 is 15.4 Å². The number of aromatic nitrogens is 2. The summed E-state index contributed by atoms with van der Waals surface area (Å²) in [4.78, 5) is 11.4. The van der Waals surface area contributed by atoms with E-state index in [0.717, 1.165) is 13.1 Å². The topological polar surface area (TPSA) is 79.0 Å². The predicted octanol–water partition coefficient (Wildman–Crippen LogP) is 0.424. The smallest absolute Gasteiger partial charge is 0.358 e. The van der Waals surface area contributed by atoms with Crippen LogP contribution in [0.5, 0.6) is 0 Å². The van der Waals surface area contributed by atoms with Crippen LogP contribution >= 0.6 is 0 Å². The Balaban J connectivity index is 2.25. The number of rotatable bonds is 2. The van der Waals surface area contributed by atoms with Gasteiger partial charge >= 0.3 is 5.97 Å². The molecule has 0 spiro atoms. The number of carbonyl (C=O) groups is 1. The molecule has 1 aliphatic heterocycles. The van der Waals surface area contributed by atoms with E-state index < -0.39 is 0 Å². The van der Waals surface area contributed by atoms with Gasteiger partial charge in [0, 0.05) is 13.1 Å². The van der Waals surface area contributed by atoms with Gasteiger partial charge in [0.15, 0.2) is 11.5 Å². The zero-order valence-corrected chi connectivity index (χ0v) is 7.89. The van der Waals surface area contributed by atoms with E-state index in [4.69, 9.17) is 4.74 Å². The van der Waals surface area contributed by atoms with E-state index in [1.165, 1.54) is 0 Å². The first-order chi connectivity index (χ1) is 6.83. The van der Waals surface area contributed by atoms with E-state index in [2.05, 4.69) is 20.8 Å². The van der Waals surface area contributed by atoms with Gasteiger partial charge in [0.05, 0.1) is 6.61 Å². The molecule has 2 rings (SSSR count). The van der Waals surface area contributed by atoms with Gasteiger partial charge in [0.25, 0.3) is 0 Å². The Bertz CT molecular complexity index is 347. The first-order valence-electron chi connectivity index (χ1n) is 4.56. The summed E-state index contributed by atoms with van der Waals surface area (Å²) < 4.78 is 4.87. The third-order valence-electron chi connectivity index (χ3n) is 1.97. The molecule has 0 aliphatic carbocycles. The Morgan fingerprint density at radius 1 is 1.50 bits per heavy atom. The molecule has 6 heteroatoms. The van der Waals surface area contributed by atoms with Gasteiger partial charge in [-0.05, 0) is 6.92 Å². The van der Waals surface area contributed by atoms with Gasteiger partial charge in [-0.15, -0.1) is 0 Å². The number of nitrogens with zero attached hydrogens (tertiary/aromatic N) is 1. The number of nitrogens with one attached hydrogen (secondary N) is 3. The van der Waals surface area contributed by atoms with Crippen LogP contribution < -0.4 is 10.6 Å². The number of hydrogen-bond acceptors (Lipinski definition) is 5. The monoisotopic (exact) mass is 196 g/mol. The SMILES string of the molecule is CCOC(=O)c1[nH]nc2c1NCCN2. The Labute approximate surface area is 81.0 Å². The molecule has 0 unspecified atom stereocenters. The van der Waals surface area contributed by atoms with Crippen molar-refractivity contribution in [1.29, 1.82) is 0 Å². The fourth-order valence-electron chi connectivity index (χ4n) is 1.36. The third-order valence-corrected chi connectivity index (χ3v) is 1.97. The van der Waals surface area contributed by atoms with Gasteiger partial charge in [0.2, 0.25) is 0 Å². The van der Waals surface area contributed by atoms with Crippen LogP contribution in [0, 0.1) is 0 Å². The van der Waals surface area contributed by atoms with E-state index in [-0.39, 0.29) is 5.97 Å². The first-order valence-corrected chi connectivity index (χ1v) is 4.56. The molecular weight excluding hydrogens is 184 g/mol. The number of carbonyl (C=O) groups excluding carboxylic acids is 1. The number of hydrogen-bond donors (Lipinski definition) is 3. The Hall–Kier alpha value is -1.72. The Morgan fingerprint density at radius 2 is 2.29 bits per heavy atom. The number of H-pyrrole nitrogens is 1. The summed E-state index contributed by atoms with van der Waals surface area (Å²) in [5.41, 5.74) is 1.09. The van der Waals surface area contributed by atoms with Crippen molar-refractivity contribution in [1.82, 2.24) is 10.2 Å². The van der Waals surface area contributed by atoms with Crippen molar-refractivity contribution in [2.45, 2.75) is 6.92 Å². The van der Waals surface area contributed by atoms with Crippen LogP contribution in [-0.2, 0) is 4.74 Å². The highest BCUT2D eigenvalue weighted by Crippen LogP contribution is 2.25. The van der Waals surface area contributed by atoms with Crippen molar-refractivity contribution in [2.75, 3.05) is 30.3 Å². The molecule has 0 fully saturated rings. The molecule has 0 saturated carbocycles. The summed E-state index contributed by atoms with van der Waals surface area (Å²) in [6.45, 7) is 3.71. The highest BCUT2D eigenvalue weighted by molar-refractivity contribution is 5.97. The lowest BCUT2D eigenvalue weighted by atomic mass is 10.3. The van der Waals surface area contributed by atoms with Crippen LogP contribution in [0.15, 0.2) is 0 Å². The molecular formula is C8H12N4O2. The minimum Gasteiger partial charge on any atom is -0.461 e. The quantitative estimate of drug-likeness (QED) is 0.597. The minimum absolute atomic E-state index is 0.361. The third kappa shape index (κ3) is 1.39. The molecule has 6 nitrogen and oxygen atoms in total. The number of anilines is 2. The maximum absolute atomic E-state index is 11.4. The molecule has 1 aliphatic rings. The second kappa shape index (κ2) is 3.57. The molecule has 0 amide bonds. The highest BCUT2D eigenvalue weighted by Gasteiger charge is 2.21. The average Bonchev–Trinajstić information content (AvgIpc) is 2.61. The van der Waals surface area contributed by atoms with E-state index in [1.54, 1.807) is 6.92 Å². The summed E-state index contributed by atoms with van der Waals surface area (Å²) in [5, 5.41) is 12.8. The zero-order chi connectivity index (χ0) is 9.97. The van der Waals surface area contributed by atoms with Gasteiger partial charge in [-0.1, -0.05) is 0 Å². The second-order valence-electron chi connectivity index (χ2n) is 2.90. The highest BCUT2D eigenvalue weighted by atomic mass is 16.5. The molecule has 14 heavy (non-hydrogen) atoms. The summed E-state index contributed by atoms with van der Waals surface area (Å²) in [6.07, 6.45) is 0. The van der Waals surface area contributed by atoms with Gasteiger partial charge in [-0.25, -0.2) is 4.79 Å². The summed E-state index contributed by atoms with van der Waals surface area (Å²) in [6, 6.07) is 0. The lowest BCUT2D eigenvalue weighted by Gasteiger charge is -2.14. The molecule has 2 heterocycles. The van der Waals surface area contributed by atoms with Crippen molar-refractivity contribution < 1.29 is 9.53 Å². The number of esters is 1. The molecule has 0 saturated heterocycles. The van der Waals surface area contributed by atoms with E-state index in [9.17, 15) is 4.79 Å². The molecule has 0 atom stereocenters. The van der Waals surface area contributed by atoms with Crippen LogP contribution in [0.25, 0.3) is 0 Å². The summed E-state index contributed by atoms with van der Waals surface area (Å²) >= 11 is 0. The van der Waals surface area contributed by atoms with Crippen LogP contribution in [0.2, 0.25) is 0 Å². The summed E-state index contributed by atoms with van der Waals surface area (Å²) in [7, 11) is 0. The minimum atomic E-state index is -0.377. The van der Waals surface area contributed by atoms with Crippen molar-refractivity contribution >= 4 is 17.5 Å². The molecule has 76 valence electrons. The largest absolute Gasteiger partial charge is 0.461 e. The van der Waals surface area contributed by atoms with Crippen LogP contribution in [0.1, 0.15) is 17.4 Å². The van der Waals surface area contributed by atoms with Gasteiger partial charge in [0.1, 0.15) is 5.69 Å². The first kappa shape index (κ1) is 8.86. The molecule has 0 aromatic carbocycles. The van der Waals surface area contributed by atoms with Crippen LogP contribution in [-0.4, -0.2) is 35.9 Å². The number of ether oxygens (including phenoxy) is 1. The van der Waals surface area contributed by atoms with Crippen molar-refractivity contribution in [2.24, 2.45) is 0 Å². The lowest BCUT2D eigenvalue weighted by Crippen LogP contribution is -2.21. The van der Waals surface area contributed by atoms with Crippen molar-refractivity contribution in [3.05, 3.63) is 5.69 Å². The van der Waals surface area contributed by atoms with E-state index >= 15 is 0 Å². The fraction of sp³-hybridized carbons (Fsp3) is 0.500. The van der Waals surface area contributed by atoms with Crippen LogP contribution in [0.3, 0.4) is 0 Å².